The summed E-state index contributed by atoms with van der Waals surface area (Å²) >= 11 is 5.98. The summed E-state index contributed by atoms with van der Waals surface area (Å²) in [6.07, 6.45) is 4.14. The Hall–Kier alpha value is -2.71. The average Bonchev–Trinajstić information content (AvgIpc) is 3.06. The van der Waals surface area contributed by atoms with Gasteiger partial charge >= 0.3 is 0 Å². The first-order valence-electron chi connectivity index (χ1n) is 7.83. The molecule has 2 heterocycles. The van der Waals surface area contributed by atoms with Crippen LogP contribution < -0.4 is 4.74 Å². The van der Waals surface area contributed by atoms with E-state index in [0.29, 0.717) is 6.61 Å². The van der Waals surface area contributed by atoms with Crippen LogP contribution in [0.5, 0.6) is 5.75 Å². The first-order valence-corrected chi connectivity index (χ1v) is 8.21. The lowest BCUT2D eigenvalue weighted by atomic mass is 10.1. The summed E-state index contributed by atoms with van der Waals surface area (Å²) < 4.78 is 8.12. The van der Waals surface area contributed by atoms with Gasteiger partial charge in [-0.1, -0.05) is 54.1 Å². The van der Waals surface area contributed by atoms with Crippen molar-refractivity contribution in [2.24, 2.45) is 0 Å². The van der Waals surface area contributed by atoms with Crippen molar-refractivity contribution >= 4 is 17.1 Å². The first kappa shape index (κ1) is 14.9. The van der Waals surface area contributed by atoms with Crippen molar-refractivity contribution in [2.45, 2.75) is 6.61 Å². The molecule has 24 heavy (non-hydrogen) atoms. The van der Waals surface area contributed by atoms with Crippen LogP contribution in [0, 0.1) is 0 Å². The zero-order valence-electron chi connectivity index (χ0n) is 13.0. The number of fused-ring (bicyclic) bond motifs is 1. The van der Waals surface area contributed by atoms with E-state index in [9.17, 15) is 0 Å². The number of rotatable bonds is 4. The molecule has 3 heteroatoms. The van der Waals surface area contributed by atoms with Crippen LogP contribution in [0.3, 0.4) is 0 Å². The molecule has 2 aromatic heterocycles. The monoisotopic (exact) mass is 333 g/mol. The molecule has 0 amide bonds. The maximum absolute atomic E-state index is 6.03. The topological polar surface area (TPSA) is 13.6 Å². The number of pyridine rings is 1. The quantitative estimate of drug-likeness (QED) is 0.457. The first-order chi connectivity index (χ1) is 11.8. The Morgan fingerprint density at radius 3 is 2.42 bits per heavy atom. The van der Waals surface area contributed by atoms with E-state index in [1.165, 1.54) is 0 Å². The zero-order valence-corrected chi connectivity index (χ0v) is 13.8. The van der Waals surface area contributed by atoms with Crippen molar-refractivity contribution in [3.8, 4) is 16.9 Å². The van der Waals surface area contributed by atoms with Crippen LogP contribution in [0.2, 0.25) is 5.02 Å². The summed E-state index contributed by atoms with van der Waals surface area (Å²) in [4.78, 5) is 0. The SMILES string of the molecule is Clc1ccc(-c2cc3c(OCc4ccccc4)cccn3c2)cc1. The fourth-order valence-electron chi connectivity index (χ4n) is 2.77. The summed E-state index contributed by atoms with van der Waals surface area (Å²) in [5, 5.41) is 0.745. The van der Waals surface area contributed by atoms with Crippen LogP contribution in [0.4, 0.5) is 0 Å². The predicted octanol–water partition coefficient (Wildman–Crippen LogP) is 5.84. The van der Waals surface area contributed by atoms with E-state index >= 15 is 0 Å². The van der Waals surface area contributed by atoms with Gasteiger partial charge < -0.3 is 9.14 Å². The van der Waals surface area contributed by atoms with E-state index in [-0.39, 0.29) is 0 Å². The van der Waals surface area contributed by atoms with E-state index in [4.69, 9.17) is 16.3 Å². The minimum absolute atomic E-state index is 0.558. The van der Waals surface area contributed by atoms with Gasteiger partial charge in [-0.15, -0.1) is 0 Å². The van der Waals surface area contributed by atoms with Crippen molar-refractivity contribution < 1.29 is 4.74 Å². The minimum atomic E-state index is 0.558. The second kappa shape index (κ2) is 6.42. The Morgan fingerprint density at radius 1 is 0.833 bits per heavy atom. The van der Waals surface area contributed by atoms with Crippen LogP contribution in [-0.2, 0) is 6.61 Å². The molecule has 0 saturated carbocycles. The summed E-state index contributed by atoms with van der Waals surface area (Å²) in [6.45, 7) is 0.558. The summed E-state index contributed by atoms with van der Waals surface area (Å²) in [7, 11) is 0. The molecule has 4 aromatic rings. The van der Waals surface area contributed by atoms with Crippen molar-refractivity contribution in [3.05, 3.63) is 95.8 Å². The summed E-state index contributed by atoms with van der Waals surface area (Å²) in [5.41, 5.74) is 4.49. The second-order valence-electron chi connectivity index (χ2n) is 5.67. The summed E-state index contributed by atoms with van der Waals surface area (Å²) in [6, 6.07) is 24.2. The van der Waals surface area contributed by atoms with Crippen LogP contribution in [-0.4, -0.2) is 4.40 Å². The molecule has 0 spiro atoms. The molecule has 118 valence electrons. The molecule has 0 bridgehead atoms. The molecule has 0 saturated heterocycles. The van der Waals surface area contributed by atoms with Gasteiger partial charge in [-0.05, 0) is 41.5 Å². The highest BCUT2D eigenvalue weighted by Gasteiger charge is 2.07. The smallest absolute Gasteiger partial charge is 0.143 e. The number of hydrogen-bond donors (Lipinski definition) is 0. The number of ether oxygens (including phenoxy) is 1. The molecule has 0 aliphatic rings. The van der Waals surface area contributed by atoms with Gasteiger partial charge in [-0.25, -0.2) is 0 Å². The third-order valence-electron chi connectivity index (χ3n) is 4.01. The third-order valence-corrected chi connectivity index (χ3v) is 4.26. The van der Waals surface area contributed by atoms with Crippen molar-refractivity contribution in [1.82, 2.24) is 4.40 Å². The second-order valence-corrected chi connectivity index (χ2v) is 6.11. The molecule has 0 aliphatic heterocycles. The van der Waals surface area contributed by atoms with Gasteiger partial charge in [-0.3, -0.25) is 0 Å². The Kier molecular flexibility index (Phi) is 3.97. The van der Waals surface area contributed by atoms with Crippen LogP contribution in [0.25, 0.3) is 16.6 Å². The Labute approximate surface area is 145 Å². The molecule has 0 aliphatic carbocycles. The molecule has 2 aromatic carbocycles. The van der Waals surface area contributed by atoms with Gasteiger partial charge in [-0.2, -0.15) is 0 Å². The molecule has 4 rings (SSSR count). The van der Waals surface area contributed by atoms with Crippen LogP contribution >= 0.6 is 11.6 Å². The number of hydrogen-bond acceptors (Lipinski definition) is 1. The Bertz CT molecular complexity index is 958. The van der Waals surface area contributed by atoms with Gasteiger partial charge in [0.15, 0.2) is 0 Å². The normalized spacial score (nSPS) is 10.9. The van der Waals surface area contributed by atoms with E-state index in [0.717, 1.165) is 33.0 Å². The Balaban J connectivity index is 1.66. The predicted molar refractivity (Wildman–Crippen MR) is 98.6 cm³/mol. The van der Waals surface area contributed by atoms with Crippen molar-refractivity contribution in [3.63, 3.8) is 0 Å². The molecule has 0 N–H and O–H groups in total. The average molecular weight is 334 g/mol. The molecular formula is C21H16ClNO. The summed E-state index contributed by atoms with van der Waals surface area (Å²) in [5.74, 6) is 0.876. The highest BCUT2D eigenvalue weighted by atomic mass is 35.5. The number of nitrogens with zero attached hydrogens (tertiary/aromatic N) is 1. The van der Waals surface area contributed by atoms with Crippen molar-refractivity contribution in [1.29, 1.82) is 0 Å². The van der Waals surface area contributed by atoms with Gasteiger partial charge in [0.25, 0.3) is 0 Å². The largest absolute Gasteiger partial charge is 0.487 e. The zero-order chi connectivity index (χ0) is 16.4. The van der Waals surface area contributed by atoms with E-state index in [2.05, 4.69) is 28.8 Å². The minimum Gasteiger partial charge on any atom is -0.487 e. The number of halogens is 1. The maximum atomic E-state index is 6.03. The highest BCUT2D eigenvalue weighted by molar-refractivity contribution is 6.30. The van der Waals surface area contributed by atoms with Gasteiger partial charge in [0.1, 0.15) is 12.4 Å². The lowest BCUT2D eigenvalue weighted by molar-refractivity contribution is 0.309. The highest BCUT2D eigenvalue weighted by Crippen LogP contribution is 2.29. The standard InChI is InChI=1S/C21H16ClNO/c22-19-10-8-17(9-11-19)18-13-20-21(7-4-12-23(20)14-18)24-15-16-5-2-1-3-6-16/h1-14H,15H2. The molecule has 0 unspecified atom stereocenters. The van der Waals surface area contributed by atoms with E-state index in [1.54, 1.807) is 0 Å². The lowest BCUT2D eigenvalue weighted by Crippen LogP contribution is -1.96. The van der Waals surface area contributed by atoms with Crippen LogP contribution in [0.15, 0.2) is 85.2 Å². The fourth-order valence-corrected chi connectivity index (χ4v) is 2.89. The van der Waals surface area contributed by atoms with E-state index in [1.807, 2.05) is 60.8 Å². The van der Waals surface area contributed by atoms with Gasteiger partial charge in [0, 0.05) is 23.0 Å². The Morgan fingerprint density at radius 2 is 1.62 bits per heavy atom. The molecular weight excluding hydrogens is 318 g/mol. The molecule has 0 atom stereocenters. The van der Waals surface area contributed by atoms with E-state index < -0.39 is 0 Å². The van der Waals surface area contributed by atoms with Gasteiger partial charge in [0.2, 0.25) is 0 Å². The molecule has 0 fully saturated rings. The number of benzene rings is 2. The van der Waals surface area contributed by atoms with Gasteiger partial charge in [0.05, 0.1) is 5.52 Å². The molecule has 2 nitrogen and oxygen atoms in total. The fraction of sp³-hybridized carbons (Fsp3) is 0.0476. The number of aromatic nitrogens is 1. The van der Waals surface area contributed by atoms with Crippen molar-refractivity contribution in [2.75, 3.05) is 0 Å². The maximum Gasteiger partial charge on any atom is 0.143 e. The van der Waals surface area contributed by atoms with Crippen LogP contribution in [0.1, 0.15) is 5.56 Å². The lowest BCUT2D eigenvalue weighted by Gasteiger charge is -2.08. The third kappa shape index (κ3) is 3.01. The molecule has 0 radical (unpaired) electrons.